The Balaban J connectivity index is 2.12. The molecule has 0 unspecified atom stereocenters. The van der Waals surface area contributed by atoms with Gasteiger partial charge in [-0.25, -0.2) is 9.18 Å². The average molecular weight is 388 g/mol. The molecule has 0 atom stereocenters. The molecule has 148 valence electrons. The van der Waals surface area contributed by atoms with E-state index < -0.39 is 17.1 Å². The number of hydrogen-bond acceptors (Lipinski definition) is 5. The number of nitrogens with one attached hydrogen (secondary N) is 2. The lowest BCUT2D eigenvalue weighted by molar-refractivity contribution is -0.118. The van der Waals surface area contributed by atoms with Gasteiger partial charge in [-0.15, -0.1) is 0 Å². The second kappa shape index (κ2) is 7.67. The van der Waals surface area contributed by atoms with Gasteiger partial charge in [-0.05, 0) is 6.07 Å². The predicted molar refractivity (Wildman–Crippen MR) is 103 cm³/mol. The van der Waals surface area contributed by atoms with Gasteiger partial charge in [0, 0.05) is 39.7 Å². The minimum Gasteiger partial charge on any atom is -0.355 e. The molecule has 3 rings (SSSR count). The average Bonchev–Trinajstić information content (AvgIpc) is 3.02. The molecule has 0 saturated carbocycles. The predicted octanol–water partition coefficient (Wildman–Crippen LogP) is 0.169. The van der Waals surface area contributed by atoms with Crippen molar-refractivity contribution in [3.05, 3.63) is 56.5 Å². The van der Waals surface area contributed by atoms with E-state index >= 15 is 0 Å². The highest BCUT2D eigenvalue weighted by molar-refractivity contribution is 5.74. The van der Waals surface area contributed by atoms with E-state index in [4.69, 9.17) is 0 Å². The van der Waals surface area contributed by atoms with E-state index in [0.717, 1.165) is 4.57 Å². The molecule has 2 aromatic heterocycles. The van der Waals surface area contributed by atoms with E-state index in [1.54, 1.807) is 22.8 Å². The van der Waals surface area contributed by atoms with E-state index in [-0.39, 0.29) is 23.6 Å². The second-order valence-corrected chi connectivity index (χ2v) is 6.40. The van der Waals surface area contributed by atoms with Crippen molar-refractivity contribution in [1.82, 2.24) is 24.0 Å². The van der Waals surface area contributed by atoms with Gasteiger partial charge < -0.3 is 10.6 Å². The summed E-state index contributed by atoms with van der Waals surface area (Å²) in [5.74, 6) is -0.268. The lowest BCUT2D eigenvalue weighted by Gasteiger charge is -2.12. The van der Waals surface area contributed by atoms with E-state index in [2.05, 4.69) is 15.6 Å². The first-order valence-corrected chi connectivity index (χ1v) is 8.69. The maximum atomic E-state index is 14.2. The summed E-state index contributed by atoms with van der Waals surface area (Å²) in [4.78, 5) is 40.4. The lowest BCUT2D eigenvalue weighted by Crippen LogP contribution is -2.37. The topological polar surface area (TPSA) is 103 Å². The van der Waals surface area contributed by atoms with E-state index in [0.29, 0.717) is 24.6 Å². The van der Waals surface area contributed by atoms with Crippen molar-refractivity contribution in [2.75, 3.05) is 18.4 Å². The SMILES string of the molecule is CC(=O)NCCNc1nc2c(c(=O)n(C)c(=O)n2C)n1Cc1ccccc1F. The quantitative estimate of drug-likeness (QED) is 0.586. The molecule has 0 aliphatic carbocycles. The summed E-state index contributed by atoms with van der Waals surface area (Å²) in [5, 5.41) is 5.69. The summed E-state index contributed by atoms with van der Waals surface area (Å²) < 4.78 is 18.0. The van der Waals surface area contributed by atoms with Gasteiger partial charge in [0.2, 0.25) is 11.9 Å². The molecule has 1 aromatic carbocycles. The van der Waals surface area contributed by atoms with Crippen LogP contribution in [0, 0.1) is 5.82 Å². The fraction of sp³-hybridized carbons (Fsp3) is 0.333. The molecule has 10 heteroatoms. The van der Waals surface area contributed by atoms with Crippen LogP contribution < -0.4 is 21.9 Å². The van der Waals surface area contributed by atoms with E-state index in [1.807, 2.05) is 0 Å². The summed E-state index contributed by atoms with van der Waals surface area (Å²) >= 11 is 0. The summed E-state index contributed by atoms with van der Waals surface area (Å²) in [6.07, 6.45) is 0. The van der Waals surface area contributed by atoms with Gasteiger partial charge in [0.1, 0.15) is 5.82 Å². The molecule has 2 N–H and O–H groups in total. The van der Waals surface area contributed by atoms with Gasteiger partial charge in [-0.3, -0.25) is 23.3 Å². The normalized spacial score (nSPS) is 11.0. The zero-order chi connectivity index (χ0) is 20.4. The highest BCUT2D eigenvalue weighted by Crippen LogP contribution is 2.19. The van der Waals surface area contributed by atoms with E-state index in [1.165, 1.54) is 31.7 Å². The van der Waals surface area contributed by atoms with Crippen LogP contribution in [0.5, 0.6) is 0 Å². The van der Waals surface area contributed by atoms with Crippen LogP contribution in [0.15, 0.2) is 33.9 Å². The minimum atomic E-state index is -0.517. The number of imidazole rings is 1. The highest BCUT2D eigenvalue weighted by atomic mass is 19.1. The third-order valence-electron chi connectivity index (χ3n) is 4.42. The maximum Gasteiger partial charge on any atom is 0.332 e. The van der Waals surface area contributed by atoms with Gasteiger partial charge >= 0.3 is 5.69 Å². The minimum absolute atomic E-state index is 0.0547. The molecule has 9 nitrogen and oxygen atoms in total. The molecule has 0 spiro atoms. The molecule has 0 aliphatic heterocycles. The summed E-state index contributed by atoms with van der Waals surface area (Å²) in [6, 6.07) is 6.25. The van der Waals surface area contributed by atoms with Crippen LogP contribution in [0.25, 0.3) is 11.2 Å². The molecule has 0 bridgehead atoms. The van der Waals surface area contributed by atoms with Crippen molar-refractivity contribution < 1.29 is 9.18 Å². The Hall–Kier alpha value is -3.43. The number of hydrogen-bond donors (Lipinski definition) is 2. The van der Waals surface area contributed by atoms with Crippen LogP contribution in [0.1, 0.15) is 12.5 Å². The molecule has 0 saturated heterocycles. The molecule has 0 fully saturated rings. The van der Waals surface area contributed by atoms with Crippen LogP contribution in [0.2, 0.25) is 0 Å². The number of benzene rings is 1. The Morgan fingerprint density at radius 1 is 1.14 bits per heavy atom. The van der Waals surface area contributed by atoms with Gasteiger partial charge in [0.15, 0.2) is 11.2 Å². The Bertz CT molecular complexity index is 1160. The number of fused-ring (bicyclic) bond motifs is 1. The van der Waals surface area contributed by atoms with Crippen LogP contribution in [-0.2, 0) is 25.4 Å². The van der Waals surface area contributed by atoms with Gasteiger partial charge in [0.05, 0.1) is 6.54 Å². The number of aromatic nitrogens is 4. The first-order chi connectivity index (χ1) is 13.3. The van der Waals surface area contributed by atoms with Crippen LogP contribution >= 0.6 is 0 Å². The van der Waals surface area contributed by atoms with Crippen molar-refractivity contribution in [3.8, 4) is 0 Å². The molecule has 28 heavy (non-hydrogen) atoms. The molecular formula is C18H21FN6O3. The first kappa shape index (κ1) is 19.3. The van der Waals surface area contributed by atoms with Crippen molar-refractivity contribution in [2.45, 2.75) is 13.5 Å². The number of aryl methyl sites for hydroxylation is 1. The Morgan fingerprint density at radius 2 is 1.86 bits per heavy atom. The smallest absolute Gasteiger partial charge is 0.332 e. The van der Waals surface area contributed by atoms with Crippen molar-refractivity contribution in [2.24, 2.45) is 14.1 Å². The number of halogens is 1. The summed E-state index contributed by atoms with van der Waals surface area (Å²) in [5.41, 5.74) is -0.251. The fourth-order valence-electron chi connectivity index (χ4n) is 2.95. The zero-order valence-electron chi connectivity index (χ0n) is 15.8. The summed E-state index contributed by atoms with van der Waals surface area (Å²) in [6.45, 7) is 2.15. The van der Waals surface area contributed by atoms with Crippen LogP contribution in [-0.4, -0.2) is 37.7 Å². The highest BCUT2D eigenvalue weighted by Gasteiger charge is 2.20. The molecule has 1 amide bonds. The first-order valence-electron chi connectivity index (χ1n) is 8.69. The van der Waals surface area contributed by atoms with Crippen molar-refractivity contribution in [3.63, 3.8) is 0 Å². The number of rotatable bonds is 6. The van der Waals surface area contributed by atoms with Gasteiger partial charge in [-0.1, -0.05) is 18.2 Å². The molecule has 0 aliphatic rings. The molecule has 0 radical (unpaired) electrons. The number of carbonyl (C=O) groups is 1. The lowest BCUT2D eigenvalue weighted by atomic mass is 10.2. The third-order valence-corrected chi connectivity index (χ3v) is 4.42. The fourth-order valence-corrected chi connectivity index (χ4v) is 2.95. The second-order valence-electron chi connectivity index (χ2n) is 6.40. The summed E-state index contributed by atoms with van der Waals surface area (Å²) in [7, 11) is 2.90. The number of anilines is 1. The zero-order valence-corrected chi connectivity index (χ0v) is 15.8. The Kier molecular flexibility index (Phi) is 5.30. The third kappa shape index (κ3) is 3.53. The van der Waals surface area contributed by atoms with E-state index in [9.17, 15) is 18.8 Å². The molecule has 3 aromatic rings. The number of nitrogens with zero attached hydrogens (tertiary/aromatic N) is 4. The number of carbonyl (C=O) groups excluding carboxylic acids is 1. The van der Waals surface area contributed by atoms with Gasteiger partial charge in [0.25, 0.3) is 5.56 Å². The van der Waals surface area contributed by atoms with Crippen molar-refractivity contribution in [1.29, 1.82) is 0 Å². The standard InChI is InChI=1S/C18H21FN6O3/c1-11(26)20-8-9-21-17-22-15-14(16(27)24(3)18(28)23(15)2)25(17)10-12-6-4-5-7-13(12)19/h4-7H,8-10H2,1-3H3,(H,20,26)(H,21,22). The molecule has 2 heterocycles. The van der Waals surface area contributed by atoms with Crippen LogP contribution in [0.3, 0.4) is 0 Å². The van der Waals surface area contributed by atoms with Gasteiger partial charge in [-0.2, -0.15) is 4.98 Å². The van der Waals surface area contributed by atoms with Crippen LogP contribution in [0.4, 0.5) is 10.3 Å². The Morgan fingerprint density at radius 3 is 2.54 bits per heavy atom. The molecular weight excluding hydrogens is 367 g/mol. The Labute approximate surface area is 159 Å². The monoisotopic (exact) mass is 388 g/mol. The van der Waals surface area contributed by atoms with Crippen molar-refractivity contribution >= 4 is 23.0 Å². The largest absolute Gasteiger partial charge is 0.355 e. The number of amides is 1. The maximum absolute atomic E-state index is 14.2.